The average Bonchev–Trinajstić information content (AvgIpc) is 2.74. The maximum atomic E-state index is 12.2. The molecule has 6 heteroatoms. The van der Waals surface area contributed by atoms with Gasteiger partial charge in [0.2, 0.25) is 0 Å². The number of nitrogens with one attached hydrogen (secondary N) is 1. The van der Waals surface area contributed by atoms with Crippen molar-refractivity contribution in [3.05, 3.63) is 27.2 Å². The van der Waals surface area contributed by atoms with Gasteiger partial charge in [0.1, 0.15) is 14.7 Å². The van der Waals surface area contributed by atoms with Crippen molar-refractivity contribution < 1.29 is 4.21 Å². The molecule has 0 saturated heterocycles. The van der Waals surface area contributed by atoms with Gasteiger partial charge in [0.25, 0.3) is 0 Å². The zero-order valence-corrected chi connectivity index (χ0v) is 16.7. The highest BCUT2D eigenvalue weighted by Gasteiger charge is 2.55. The number of hydrogen-bond donors (Lipinski definition) is 1. The second kappa shape index (κ2) is 5.61. The summed E-state index contributed by atoms with van der Waals surface area (Å²) in [6.07, 6.45) is 3.31. The molecule has 1 aromatic rings. The molecule has 4 atom stereocenters. The monoisotopic (exact) mass is 433 g/mol. The molecule has 3 rings (SSSR count). The first-order chi connectivity index (χ1) is 10.2. The quantitative estimate of drug-likeness (QED) is 0.736. The summed E-state index contributed by atoms with van der Waals surface area (Å²) in [4.78, 5) is 0. The third-order valence-electron chi connectivity index (χ3n) is 4.42. The molecule has 4 nitrogen and oxygen atoms in total. The predicted octanol–water partition coefficient (Wildman–Crippen LogP) is 3.74. The molecule has 0 radical (unpaired) electrons. The molecule has 0 aliphatic heterocycles. The summed E-state index contributed by atoms with van der Waals surface area (Å²) in [5, 5.41) is 4.62. The van der Waals surface area contributed by atoms with Gasteiger partial charge in [-0.3, -0.25) is 4.68 Å². The van der Waals surface area contributed by atoms with Gasteiger partial charge >= 0.3 is 0 Å². The van der Waals surface area contributed by atoms with E-state index >= 15 is 0 Å². The Hall–Kier alpha value is -0.370. The molecule has 22 heavy (non-hydrogen) atoms. The van der Waals surface area contributed by atoms with Gasteiger partial charge in [-0.1, -0.05) is 6.08 Å². The second-order valence-electron chi connectivity index (χ2n) is 7.58. The fourth-order valence-electron chi connectivity index (χ4n) is 3.25. The summed E-state index contributed by atoms with van der Waals surface area (Å²) >= 11 is 2.29. The van der Waals surface area contributed by atoms with Crippen LogP contribution in [0.25, 0.3) is 0 Å². The van der Waals surface area contributed by atoms with Crippen molar-refractivity contribution in [2.45, 2.75) is 57.7 Å². The number of rotatable bonds is 4. The van der Waals surface area contributed by atoms with Crippen LogP contribution in [-0.4, -0.2) is 18.7 Å². The van der Waals surface area contributed by atoms with E-state index < -0.39 is 11.0 Å². The molecule has 0 amide bonds. The van der Waals surface area contributed by atoms with Gasteiger partial charge in [0, 0.05) is 23.4 Å². The maximum Gasteiger partial charge on any atom is 0.123 e. The first-order valence-corrected chi connectivity index (χ1v) is 10.1. The summed E-state index contributed by atoms with van der Waals surface area (Å²) in [6.45, 7) is 10.4. The minimum absolute atomic E-state index is 0.223. The van der Waals surface area contributed by atoms with Crippen LogP contribution in [0.3, 0.4) is 0 Å². The van der Waals surface area contributed by atoms with Crippen LogP contribution in [0, 0.1) is 15.5 Å². The Labute approximate surface area is 148 Å². The van der Waals surface area contributed by atoms with Gasteiger partial charge in [0.15, 0.2) is 0 Å². The van der Waals surface area contributed by atoms with E-state index in [2.05, 4.69) is 63.1 Å². The molecule has 0 aromatic carbocycles. The highest BCUT2D eigenvalue weighted by Crippen LogP contribution is 2.61. The Morgan fingerprint density at radius 1 is 1.45 bits per heavy atom. The fourth-order valence-corrected chi connectivity index (χ4v) is 4.50. The number of halogens is 1. The van der Waals surface area contributed by atoms with Crippen molar-refractivity contribution in [2.24, 2.45) is 11.8 Å². The van der Waals surface area contributed by atoms with Crippen molar-refractivity contribution in [2.75, 3.05) is 0 Å². The maximum absolute atomic E-state index is 12.2. The third-order valence-corrected chi connectivity index (χ3v) is 6.51. The topological polar surface area (TPSA) is 46.9 Å². The number of nitrogens with zero attached hydrogens (tertiary/aromatic N) is 2. The van der Waals surface area contributed by atoms with Gasteiger partial charge in [-0.25, -0.2) is 4.21 Å². The minimum atomic E-state index is -1.02. The van der Waals surface area contributed by atoms with E-state index in [0.717, 1.165) is 15.8 Å². The van der Waals surface area contributed by atoms with Crippen LogP contribution in [0.1, 0.15) is 58.7 Å². The van der Waals surface area contributed by atoms with Crippen LogP contribution in [0.2, 0.25) is 0 Å². The summed E-state index contributed by atoms with van der Waals surface area (Å²) in [6, 6.07) is 2.62. The van der Waals surface area contributed by atoms with Crippen LogP contribution in [0.5, 0.6) is 0 Å². The third kappa shape index (κ3) is 3.00. The molecule has 2 aliphatic carbocycles. The molecule has 1 unspecified atom stereocenters. The van der Waals surface area contributed by atoms with Crippen molar-refractivity contribution >= 4 is 33.6 Å². The number of hydrogen-bond acceptors (Lipinski definition) is 2. The SMILES string of the molecule is CC(C)n1nc(I)cc1[C@H]1[C@@H]2C=C(NS(=O)C(C)(C)C)C[C@@H]21. The molecule has 1 aromatic heterocycles. The molecular formula is C16H24IN3OS. The van der Waals surface area contributed by atoms with E-state index in [4.69, 9.17) is 0 Å². The Morgan fingerprint density at radius 2 is 2.14 bits per heavy atom. The summed E-state index contributed by atoms with van der Waals surface area (Å²) in [5.41, 5.74) is 2.52. The molecule has 1 N–H and O–H groups in total. The van der Waals surface area contributed by atoms with Gasteiger partial charge in [-0.15, -0.1) is 0 Å². The van der Waals surface area contributed by atoms with Crippen molar-refractivity contribution in [1.82, 2.24) is 14.5 Å². The van der Waals surface area contributed by atoms with E-state index in [1.54, 1.807) is 0 Å². The lowest BCUT2D eigenvalue weighted by Gasteiger charge is -2.20. The summed E-state index contributed by atoms with van der Waals surface area (Å²) in [7, 11) is -1.02. The number of aromatic nitrogens is 2. The number of allylic oxidation sites excluding steroid dienone is 2. The zero-order chi connectivity index (χ0) is 16.2. The van der Waals surface area contributed by atoms with Crippen LogP contribution < -0.4 is 4.72 Å². The summed E-state index contributed by atoms with van der Waals surface area (Å²) < 4.78 is 18.4. The smallest absolute Gasteiger partial charge is 0.123 e. The Bertz CT molecular complexity index is 644. The largest absolute Gasteiger partial charge is 0.309 e. The fraction of sp³-hybridized carbons (Fsp3) is 0.688. The van der Waals surface area contributed by atoms with Crippen LogP contribution in [0.15, 0.2) is 17.8 Å². The van der Waals surface area contributed by atoms with Gasteiger partial charge in [-0.2, -0.15) is 5.10 Å². The molecular weight excluding hydrogens is 409 g/mol. The Morgan fingerprint density at radius 3 is 2.64 bits per heavy atom. The van der Waals surface area contributed by atoms with E-state index in [0.29, 0.717) is 23.8 Å². The van der Waals surface area contributed by atoms with Crippen LogP contribution in [-0.2, 0) is 11.0 Å². The second-order valence-corrected chi connectivity index (χ2v) is 10.6. The molecule has 122 valence electrons. The molecule has 1 fully saturated rings. The zero-order valence-electron chi connectivity index (χ0n) is 13.8. The summed E-state index contributed by atoms with van der Waals surface area (Å²) in [5.74, 6) is 1.83. The van der Waals surface area contributed by atoms with E-state index in [9.17, 15) is 4.21 Å². The van der Waals surface area contributed by atoms with Crippen LogP contribution in [0.4, 0.5) is 0 Å². The normalized spacial score (nSPS) is 28.5. The minimum Gasteiger partial charge on any atom is -0.309 e. The highest BCUT2D eigenvalue weighted by molar-refractivity contribution is 14.1. The Kier molecular flexibility index (Phi) is 4.21. The van der Waals surface area contributed by atoms with Gasteiger partial charge < -0.3 is 4.72 Å². The standard InChI is InChI=1S/C16H24IN3OS/c1-9(2)20-13(8-14(17)18-20)15-11-6-10(7-12(11)15)19-22(21)16(3,4)5/h6,8-9,11-12,15,19H,7H2,1-5H3/t11-,12+,15+,22?/m1/s1. The van der Waals surface area contributed by atoms with Gasteiger partial charge in [-0.05, 0) is 81.5 Å². The van der Waals surface area contributed by atoms with E-state index in [1.807, 2.05) is 20.8 Å². The van der Waals surface area contributed by atoms with Crippen molar-refractivity contribution in [3.8, 4) is 0 Å². The van der Waals surface area contributed by atoms with Crippen molar-refractivity contribution in [1.29, 1.82) is 0 Å². The average molecular weight is 433 g/mol. The molecule has 1 heterocycles. The first-order valence-electron chi connectivity index (χ1n) is 7.82. The van der Waals surface area contributed by atoms with Gasteiger partial charge in [0.05, 0.1) is 4.75 Å². The lowest BCUT2D eigenvalue weighted by molar-refractivity contribution is 0.501. The lowest BCUT2D eigenvalue weighted by atomic mass is 10.1. The lowest BCUT2D eigenvalue weighted by Crippen LogP contribution is -2.32. The van der Waals surface area contributed by atoms with Crippen molar-refractivity contribution in [3.63, 3.8) is 0 Å². The van der Waals surface area contributed by atoms with Crippen LogP contribution >= 0.6 is 22.6 Å². The Balaban J connectivity index is 1.71. The number of fused-ring (bicyclic) bond motifs is 1. The van der Waals surface area contributed by atoms with E-state index in [1.165, 1.54) is 5.69 Å². The molecule has 0 spiro atoms. The molecule has 2 aliphatic rings. The molecule has 0 bridgehead atoms. The first kappa shape index (κ1) is 16.5. The molecule has 1 saturated carbocycles. The van der Waals surface area contributed by atoms with E-state index in [-0.39, 0.29) is 4.75 Å². The highest BCUT2D eigenvalue weighted by atomic mass is 127. The predicted molar refractivity (Wildman–Crippen MR) is 98.8 cm³/mol.